The third-order valence-electron chi connectivity index (χ3n) is 5.46. The number of carbonyl (C=O) groups is 2. The van der Waals surface area contributed by atoms with Gasteiger partial charge >= 0.3 is 5.97 Å². The monoisotopic (exact) mass is 341 g/mol. The summed E-state index contributed by atoms with van der Waals surface area (Å²) in [7, 11) is 0. The largest absolute Gasteiger partial charge is 0.465 e. The van der Waals surface area contributed by atoms with Gasteiger partial charge in [0.25, 0.3) is 0 Å². The maximum atomic E-state index is 13.1. The lowest BCUT2D eigenvalue weighted by Crippen LogP contribution is -2.40. The van der Waals surface area contributed by atoms with E-state index < -0.39 is 17.4 Å². The number of unbranched alkanes of at least 4 members (excludes halogenated alkanes) is 1. The van der Waals surface area contributed by atoms with Gasteiger partial charge in [-0.1, -0.05) is 43.2 Å². The van der Waals surface area contributed by atoms with Gasteiger partial charge in [-0.15, -0.1) is 0 Å². The van der Waals surface area contributed by atoms with Crippen molar-refractivity contribution >= 4 is 17.6 Å². The molecule has 0 aliphatic carbocycles. The van der Waals surface area contributed by atoms with Gasteiger partial charge in [-0.05, 0) is 25.5 Å². The van der Waals surface area contributed by atoms with Gasteiger partial charge in [0.1, 0.15) is 11.5 Å². The summed E-state index contributed by atoms with van der Waals surface area (Å²) < 4.78 is 11.5. The maximum absolute atomic E-state index is 13.1. The van der Waals surface area contributed by atoms with Gasteiger partial charge in [0.05, 0.1) is 25.2 Å². The third-order valence-corrected chi connectivity index (χ3v) is 5.46. The van der Waals surface area contributed by atoms with E-state index in [-0.39, 0.29) is 18.0 Å². The number of hydrogen-bond acceptors (Lipinski definition) is 4. The second-order valence-corrected chi connectivity index (χ2v) is 7.18. The number of aryl methyl sites for hydroxylation is 1. The lowest BCUT2D eigenvalue weighted by atomic mass is 9.77. The van der Waals surface area contributed by atoms with E-state index in [1.165, 1.54) is 0 Å². The van der Waals surface area contributed by atoms with Gasteiger partial charge in [0.15, 0.2) is 0 Å². The minimum Gasteiger partial charge on any atom is -0.465 e. The molecule has 5 nitrogen and oxygen atoms in total. The van der Waals surface area contributed by atoms with Crippen molar-refractivity contribution in [1.29, 1.82) is 0 Å². The summed E-state index contributed by atoms with van der Waals surface area (Å²) in [4.78, 5) is 27.4. The number of carbonyl (C=O) groups excluding carboxylic acids is 2. The molecule has 3 aliphatic heterocycles. The van der Waals surface area contributed by atoms with Crippen molar-refractivity contribution in [3.8, 4) is 0 Å². The first kappa shape index (κ1) is 16.3. The average Bonchev–Trinajstić information content (AvgIpc) is 3.24. The van der Waals surface area contributed by atoms with Crippen LogP contribution in [-0.4, -0.2) is 36.7 Å². The van der Waals surface area contributed by atoms with Crippen LogP contribution < -0.4 is 4.90 Å². The highest BCUT2D eigenvalue weighted by Crippen LogP contribution is 2.52. The molecule has 1 amide bonds. The Labute approximate surface area is 147 Å². The summed E-state index contributed by atoms with van der Waals surface area (Å²) in [6, 6.07) is 7.85. The first-order chi connectivity index (χ1) is 12.1. The summed E-state index contributed by atoms with van der Waals surface area (Å²) in [5.74, 6) is -1.38. The molecule has 2 saturated heterocycles. The summed E-state index contributed by atoms with van der Waals surface area (Å²) in [5, 5.41) is 0. The summed E-state index contributed by atoms with van der Waals surface area (Å²) in [6.07, 6.45) is 5.33. The molecule has 3 aliphatic rings. The van der Waals surface area contributed by atoms with E-state index in [2.05, 4.69) is 0 Å². The van der Waals surface area contributed by atoms with Crippen molar-refractivity contribution in [2.75, 3.05) is 18.1 Å². The minimum absolute atomic E-state index is 0.0480. The molecule has 4 atom stereocenters. The van der Waals surface area contributed by atoms with Crippen LogP contribution in [0.2, 0.25) is 0 Å². The minimum atomic E-state index is -0.693. The standard InChI is InChI=1S/C20H23NO4/c1-3-4-11-24-19(23)16-15-9-10-20(25-15)12-21(18(22)17(16)20)14-7-5-13(2)6-8-14/h5-10,15-17H,3-4,11-12H2,1-2H3/t15-,16?,17-,20?/m1/s1. The molecule has 0 radical (unpaired) electrons. The molecule has 1 aromatic rings. The van der Waals surface area contributed by atoms with Gasteiger partial charge in [-0.25, -0.2) is 0 Å². The lowest BCUT2D eigenvalue weighted by Gasteiger charge is -2.22. The maximum Gasteiger partial charge on any atom is 0.312 e. The molecular formula is C20H23NO4. The molecule has 2 bridgehead atoms. The number of fused-ring (bicyclic) bond motifs is 1. The topological polar surface area (TPSA) is 55.8 Å². The number of hydrogen-bond donors (Lipinski definition) is 0. The molecule has 132 valence electrons. The lowest BCUT2D eigenvalue weighted by molar-refractivity contribution is -0.152. The number of anilines is 1. The van der Waals surface area contributed by atoms with Crippen molar-refractivity contribution < 1.29 is 19.1 Å². The van der Waals surface area contributed by atoms with E-state index in [0.717, 1.165) is 24.1 Å². The van der Waals surface area contributed by atoms with E-state index >= 15 is 0 Å². The Morgan fingerprint density at radius 3 is 2.84 bits per heavy atom. The molecule has 0 saturated carbocycles. The molecule has 2 fully saturated rings. The SMILES string of the molecule is CCCCOC(=O)C1[C@H]2C=CC3(CN(c4ccc(C)cc4)C(=O)[C@@H]13)O2. The zero-order chi connectivity index (χ0) is 17.6. The van der Waals surface area contributed by atoms with Crippen molar-refractivity contribution in [3.63, 3.8) is 0 Å². The van der Waals surface area contributed by atoms with Gasteiger partial charge in [0, 0.05) is 5.69 Å². The second-order valence-electron chi connectivity index (χ2n) is 7.18. The first-order valence-corrected chi connectivity index (χ1v) is 8.97. The van der Waals surface area contributed by atoms with Crippen LogP contribution in [-0.2, 0) is 19.1 Å². The molecular weight excluding hydrogens is 318 g/mol. The van der Waals surface area contributed by atoms with E-state index in [1.54, 1.807) is 4.90 Å². The zero-order valence-electron chi connectivity index (χ0n) is 14.6. The molecule has 0 aromatic heterocycles. The number of esters is 1. The Morgan fingerprint density at radius 1 is 1.36 bits per heavy atom. The fourth-order valence-electron chi connectivity index (χ4n) is 4.12. The molecule has 0 N–H and O–H groups in total. The van der Waals surface area contributed by atoms with Crippen molar-refractivity contribution in [2.24, 2.45) is 11.8 Å². The number of ether oxygens (including phenoxy) is 2. The predicted octanol–water partition coefficient (Wildman–Crippen LogP) is 2.62. The Kier molecular flexibility index (Phi) is 3.91. The van der Waals surface area contributed by atoms with Gasteiger partial charge in [-0.3, -0.25) is 9.59 Å². The second kappa shape index (κ2) is 5.99. The molecule has 3 heterocycles. The van der Waals surface area contributed by atoms with Crippen LogP contribution in [0.5, 0.6) is 0 Å². The highest BCUT2D eigenvalue weighted by atomic mass is 16.6. The van der Waals surface area contributed by atoms with Gasteiger partial charge < -0.3 is 14.4 Å². The molecule has 2 unspecified atom stereocenters. The summed E-state index contributed by atoms with van der Waals surface area (Å²) in [6.45, 7) is 4.91. The van der Waals surface area contributed by atoms with E-state index in [1.807, 2.05) is 50.3 Å². The Bertz CT molecular complexity index is 726. The number of amides is 1. The molecule has 25 heavy (non-hydrogen) atoms. The fourth-order valence-corrected chi connectivity index (χ4v) is 4.12. The fraction of sp³-hybridized carbons (Fsp3) is 0.500. The Hall–Kier alpha value is -2.14. The first-order valence-electron chi connectivity index (χ1n) is 8.97. The molecule has 1 spiro atoms. The van der Waals surface area contributed by atoms with Crippen LogP contribution in [0.15, 0.2) is 36.4 Å². The Balaban J connectivity index is 1.59. The van der Waals surface area contributed by atoms with Crippen LogP contribution in [0.1, 0.15) is 25.3 Å². The third kappa shape index (κ3) is 2.49. The van der Waals surface area contributed by atoms with Crippen LogP contribution in [0.25, 0.3) is 0 Å². The number of rotatable bonds is 5. The molecule has 4 rings (SSSR count). The molecule has 5 heteroatoms. The zero-order valence-corrected chi connectivity index (χ0v) is 14.6. The normalized spacial score (nSPS) is 32.3. The van der Waals surface area contributed by atoms with Crippen LogP contribution in [0, 0.1) is 18.8 Å². The van der Waals surface area contributed by atoms with E-state index in [4.69, 9.17) is 9.47 Å². The van der Waals surface area contributed by atoms with Crippen molar-refractivity contribution in [2.45, 2.75) is 38.4 Å². The summed E-state index contributed by atoms with van der Waals surface area (Å²) >= 11 is 0. The van der Waals surface area contributed by atoms with Crippen LogP contribution >= 0.6 is 0 Å². The van der Waals surface area contributed by atoms with Gasteiger partial charge in [-0.2, -0.15) is 0 Å². The predicted molar refractivity (Wildman–Crippen MR) is 93.1 cm³/mol. The van der Waals surface area contributed by atoms with Crippen LogP contribution in [0.4, 0.5) is 5.69 Å². The molecule has 1 aromatic carbocycles. The van der Waals surface area contributed by atoms with E-state index in [0.29, 0.717) is 13.2 Å². The number of benzene rings is 1. The van der Waals surface area contributed by atoms with Crippen LogP contribution in [0.3, 0.4) is 0 Å². The smallest absolute Gasteiger partial charge is 0.312 e. The Morgan fingerprint density at radius 2 is 2.12 bits per heavy atom. The van der Waals surface area contributed by atoms with Gasteiger partial charge in [0.2, 0.25) is 5.91 Å². The highest BCUT2D eigenvalue weighted by molar-refractivity contribution is 6.02. The average molecular weight is 341 g/mol. The highest BCUT2D eigenvalue weighted by Gasteiger charge is 2.67. The number of nitrogens with zero attached hydrogens (tertiary/aromatic N) is 1. The van der Waals surface area contributed by atoms with E-state index in [9.17, 15) is 9.59 Å². The summed E-state index contributed by atoms with van der Waals surface area (Å²) in [5.41, 5.74) is 1.29. The van der Waals surface area contributed by atoms with Crippen molar-refractivity contribution in [1.82, 2.24) is 0 Å². The van der Waals surface area contributed by atoms with Crippen molar-refractivity contribution in [3.05, 3.63) is 42.0 Å². The quantitative estimate of drug-likeness (QED) is 0.469.